The summed E-state index contributed by atoms with van der Waals surface area (Å²) in [6.45, 7) is 11.8. The maximum absolute atomic E-state index is 13.2. The molecule has 4 N–H and O–H groups in total. The molecular formula is C27H34F3N7O4. The van der Waals surface area contributed by atoms with Crippen molar-refractivity contribution < 1.29 is 32.3 Å². The fourth-order valence-electron chi connectivity index (χ4n) is 3.32. The SMILES string of the molecule is CC(C(=O)NC(=O)C=C(N)C(C)(C)C(F)(F)F)c1ccc(-c2nn(C(C)C)c(NC(=O)OC(C)(C)C)c2C#N)cn1. The van der Waals surface area contributed by atoms with Crippen LogP contribution in [0.2, 0.25) is 0 Å². The van der Waals surface area contributed by atoms with Gasteiger partial charge in [-0.3, -0.25) is 25.2 Å². The van der Waals surface area contributed by atoms with Crippen molar-refractivity contribution in [2.45, 2.75) is 79.1 Å². The summed E-state index contributed by atoms with van der Waals surface area (Å²) in [6.07, 6.45) is -3.55. The molecule has 14 heteroatoms. The highest BCUT2D eigenvalue weighted by molar-refractivity contribution is 6.03. The molecule has 0 aliphatic carbocycles. The Morgan fingerprint density at radius 3 is 2.20 bits per heavy atom. The lowest BCUT2D eigenvalue weighted by Crippen LogP contribution is -2.39. The summed E-state index contributed by atoms with van der Waals surface area (Å²) >= 11 is 0. The van der Waals surface area contributed by atoms with Gasteiger partial charge in [0, 0.05) is 29.6 Å². The molecule has 0 fully saturated rings. The van der Waals surface area contributed by atoms with E-state index in [1.54, 1.807) is 26.8 Å². The predicted octanol–water partition coefficient (Wildman–Crippen LogP) is 4.92. The van der Waals surface area contributed by atoms with Gasteiger partial charge in [0.15, 0.2) is 5.82 Å². The molecule has 2 rings (SSSR count). The fourth-order valence-corrected chi connectivity index (χ4v) is 3.32. The van der Waals surface area contributed by atoms with Crippen LogP contribution in [0.4, 0.5) is 23.8 Å². The van der Waals surface area contributed by atoms with Gasteiger partial charge in [0.1, 0.15) is 22.9 Å². The van der Waals surface area contributed by atoms with Gasteiger partial charge in [-0.05, 0) is 67.5 Å². The van der Waals surface area contributed by atoms with Gasteiger partial charge in [-0.1, -0.05) is 0 Å². The van der Waals surface area contributed by atoms with Gasteiger partial charge in [-0.2, -0.15) is 23.5 Å². The maximum atomic E-state index is 13.2. The molecule has 0 aromatic carbocycles. The van der Waals surface area contributed by atoms with Crippen molar-refractivity contribution >= 4 is 23.7 Å². The number of nitriles is 1. The molecule has 41 heavy (non-hydrogen) atoms. The summed E-state index contributed by atoms with van der Waals surface area (Å²) in [5.74, 6) is -2.74. The van der Waals surface area contributed by atoms with Crippen LogP contribution in [0.1, 0.15) is 78.6 Å². The number of alkyl halides is 3. The minimum absolute atomic E-state index is 0.0710. The molecule has 2 heterocycles. The number of nitrogens with two attached hydrogens (primary N) is 1. The second-order valence-corrected chi connectivity index (χ2v) is 11.1. The zero-order valence-corrected chi connectivity index (χ0v) is 24.1. The van der Waals surface area contributed by atoms with Gasteiger partial charge >= 0.3 is 12.3 Å². The number of carbonyl (C=O) groups excluding carboxylic acids is 3. The summed E-state index contributed by atoms with van der Waals surface area (Å²) in [5, 5.41) is 18.9. The summed E-state index contributed by atoms with van der Waals surface area (Å²) in [4.78, 5) is 41.4. The Balaban J connectivity index is 2.29. The molecule has 2 aromatic rings. The number of halogens is 3. The number of nitrogens with one attached hydrogen (secondary N) is 2. The first-order valence-electron chi connectivity index (χ1n) is 12.6. The third-order valence-corrected chi connectivity index (χ3v) is 5.99. The van der Waals surface area contributed by atoms with E-state index in [4.69, 9.17) is 10.5 Å². The van der Waals surface area contributed by atoms with Crippen molar-refractivity contribution in [3.8, 4) is 17.3 Å². The summed E-state index contributed by atoms with van der Waals surface area (Å²) < 4.78 is 46.2. The summed E-state index contributed by atoms with van der Waals surface area (Å²) in [6, 6.07) is 4.85. The molecule has 0 radical (unpaired) electrons. The Morgan fingerprint density at radius 2 is 1.73 bits per heavy atom. The number of aromatic nitrogens is 3. The molecule has 2 aromatic heterocycles. The second kappa shape index (κ2) is 12.0. The second-order valence-electron chi connectivity index (χ2n) is 11.1. The number of ether oxygens (including phenoxy) is 1. The van der Waals surface area contributed by atoms with Crippen LogP contribution in [-0.4, -0.2) is 44.4 Å². The monoisotopic (exact) mass is 577 g/mol. The molecule has 1 unspecified atom stereocenters. The number of carbonyl (C=O) groups is 3. The van der Waals surface area contributed by atoms with Crippen molar-refractivity contribution in [3.05, 3.63) is 41.4 Å². The first-order chi connectivity index (χ1) is 18.7. The Kier molecular flexibility index (Phi) is 9.59. The van der Waals surface area contributed by atoms with E-state index in [0.29, 0.717) is 11.6 Å². The highest BCUT2D eigenvalue weighted by atomic mass is 19.4. The summed E-state index contributed by atoms with van der Waals surface area (Å²) in [7, 11) is 0. The Bertz CT molecular complexity index is 1380. The van der Waals surface area contributed by atoms with E-state index in [-0.39, 0.29) is 28.8 Å². The number of anilines is 1. The third kappa shape index (κ3) is 7.84. The molecule has 0 aliphatic rings. The quantitative estimate of drug-likeness (QED) is 0.390. The number of hydrogen-bond acceptors (Lipinski definition) is 8. The minimum atomic E-state index is -4.69. The van der Waals surface area contributed by atoms with Crippen LogP contribution in [0.3, 0.4) is 0 Å². The number of imide groups is 1. The van der Waals surface area contributed by atoms with Crippen LogP contribution in [0.25, 0.3) is 11.3 Å². The lowest BCUT2D eigenvalue weighted by Gasteiger charge is -2.28. The number of hydrogen-bond donors (Lipinski definition) is 3. The highest BCUT2D eigenvalue weighted by Crippen LogP contribution is 2.41. The number of amides is 3. The van der Waals surface area contributed by atoms with Crippen molar-refractivity contribution in [1.29, 1.82) is 5.26 Å². The zero-order valence-electron chi connectivity index (χ0n) is 24.1. The molecular weight excluding hydrogens is 543 g/mol. The molecule has 0 saturated carbocycles. The maximum Gasteiger partial charge on any atom is 0.413 e. The minimum Gasteiger partial charge on any atom is -0.444 e. The predicted molar refractivity (Wildman–Crippen MR) is 144 cm³/mol. The van der Waals surface area contributed by atoms with Crippen LogP contribution in [0.5, 0.6) is 0 Å². The zero-order chi connectivity index (χ0) is 31.5. The third-order valence-electron chi connectivity index (χ3n) is 5.99. The largest absolute Gasteiger partial charge is 0.444 e. The van der Waals surface area contributed by atoms with Crippen LogP contribution in [0, 0.1) is 16.7 Å². The van der Waals surface area contributed by atoms with Crippen LogP contribution >= 0.6 is 0 Å². The smallest absolute Gasteiger partial charge is 0.413 e. The van der Waals surface area contributed by atoms with Crippen molar-refractivity contribution in [2.24, 2.45) is 11.1 Å². The lowest BCUT2D eigenvalue weighted by atomic mass is 9.88. The number of rotatable bonds is 7. The molecule has 222 valence electrons. The van der Waals surface area contributed by atoms with Crippen LogP contribution in [0.15, 0.2) is 30.1 Å². The van der Waals surface area contributed by atoms with E-state index in [0.717, 1.165) is 13.8 Å². The molecule has 0 bridgehead atoms. The molecule has 0 saturated heterocycles. The fraction of sp³-hybridized carbons (Fsp3) is 0.481. The number of allylic oxidation sites excluding steroid dienone is 1. The van der Waals surface area contributed by atoms with Gasteiger partial charge in [-0.15, -0.1) is 0 Å². The first-order valence-corrected chi connectivity index (χ1v) is 12.6. The van der Waals surface area contributed by atoms with Crippen molar-refractivity contribution in [1.82, 2.24) is 20.1 Å². The van der Waals surface area contributed by atoms with Crippen molar-refractivity contribution in [2.75, 3.05) is 5.32 Å². The van der Waals surface area contributed by atoms with Gasteiger partial charge in [0.05, 0.1) is 17.0 Å². The van der Waals surface area contributed by atoms with Gasteiger partial charge in [0.2, 0.25) is 5.91 Å². The lowest BCUT2D eigenvalue weighted by molar-refractivity contribution is -0.197. The Hall–Kier alpha value is -4.41. The van der Waals surface area contributed by atoms with Crippen LogP contribution in [-0.2, 0) is 14.3 Å². The van der Waals surface area contributed by atoms with E-state index >= 15 is 0 Å². The standard InChI is InChI=1S/C27H34F3N7O4/c1-14(2)37-22(35-24(40)41-25(4,5)6)17(12-31)21(36-37)16-9-10-18(33-13-16)15(3)23(39)34-20(38)11-19(32)26(7,8)27(28,29)30/h9-11,13-15H,32H2,1-8H3,(H,35,40)(H,34,38,39). The molecule has 0 spiro atoms. The van der Waals surface area contributed by atoms with E-state index in [1.165, 1.54) is 23.9 Å². The van der Waals surface area contributed by atoms with Crippen LogP contribution < -0.4 is 16.4 Å². The van der Waals surface area contributed by atoms with E-state index < -0.39 is 46.7 Å². The molecule has 11 nitrogen and oxygen atoms in total. The molecule has 0 aliphatic heterocycles. The van der Waals surface area contributed by atoms with Gasteiger partial charge in [-0.25, -0.2) is 9.48 Å². The topological polar surface area (TPSA) is 165 Å². The van der Waals surface area contributed by atoms with Gasteiger partial charge in [0.25, 0.3) is 5.91 Å². The van der Waals surface area contributed by atoms with E-state index in [1.807, 2.05) is 25.2 Å². The Morgan fingerprint density at radius 1 is 1.12 bits per heavy atom. The first kappa shape index (κ1) is 32.8. The van der Waals surface area contributed by atoms with E-state index in [2.05, 4.69) is 15.4 Å². The average Bonchev–Trinajstić information content (AvgIpc) is 3.19. The summed E-state index contributed by atoms with van der Waals surface area (Å²) in [5.41, 5.74) is 2.44. The highest BCUT2D eigenvalue weighted by Gasteiger charge is 2.49. The molecule has 1 atom stereocenters. The molecule has 3 amide bonds. The van der Waals surface area contributed by atoms with Gasteiger partial charge < -0.3 is 10.5 Å². The normalized spacial score (nSPS) is 13.4. The Labute approximate surface area is 235 Å². The number of pyridine rings is 1. The average molecular weight is 578 g/mol. The van der Waals surface area contributed by atoms with Crippen molar-refractivity contribution in [3.63, 3.8) is 0 Å². The number of nitrogens with zero attached hydrogens (tertiary/aromatic N) is 4. The van der Waals surface area contributed by atoms with E-state index in [9.17, 15) is 32.8 Å².